The molecule has 7 heteroatoms. The average molecular weight is 431 g/mol. The van der Waals surface area contributed by atoms with Crippen molar-refractivity contribution in [1.29, 1.82) is 0 Å². The monoisotopic (exact) mass is 430 g/mol. The van der Waals surface area contributed by atoms with Gasteiger partial charge in [0.15, 0.2) is 5.13 Å². The number of benzene rings is 2. The number of fused-ring (bicyclic) bond motifs is 1. The van der Waals surface area contributed by atoms with Crippen LogP contribution in [-0.4, -0.2) is 35.8 Å². The fourth-order valence-electron chi connectivity index (χ4n) is 3.60. The maximum atomic E-state index is 10.9. The van der Waals surface area contributed by atoms with E-state index in [1.807, 2.05) is 43.3 Å². The van der Waals surface area contributed by atoms with Crippen LogP contribution in [0.25, 0.3) is 10.2 Å². The zero-order valence-electron chi connectivity index (χ0n) is 16.2. The molecule has 0 atom stereocenters. The fraction of sp³-hybridized carbons (Fsp3) is 0.364. The van der Waals surface area contributed by atoms with Gasteiger partial charge in [-0.1, -0.05) is 35.1 Å². The molecule has 0 saturated carbocycles. The molecule has 0 unspecified atom stereocenters. The van der Waals surface area contributed by atoms with E-state index in [0.717, 1.165) is 63.2 Å². The highest BCUT2D eigenvalue weighted by Crippen LogP contribution is 2.33. The van der Waals surface area contributed by atoms with Crippen LogP contribution in [0.1, 0.15) is 24.0 Å². The quantitative estimate of drug-likeness (QED) is 0.583. The molecule has 5 nitrogen and oxygen atoms in total. The Morgan fingerprint density at radius 2 is 2.07 bits per heavy atom. The van der Waals surface area contributed by atoms with Gasteiger partial charge < -0.3 is 14.7 Å². The molecule has 1 saturated heterocycles. The molecule has 0 bridgehead atoms. The molecule has 1 aliphatic heterocycles. The van der Waals surface area contributed by atoms with Crippen molar-refractivity contribution in [3.05, 3.63) is 52.5 Å². The third-order valence-corrected chi connectivity index (χ3v) is 6.62. The number of halogens is 1. The molecule has 29 heavy (non-hydrogen) atoms. The van der Waals surface area contributed by atoms with Gasteiger partial charge in [-0.3, -0.25) is 4.79 Å². The van der Waals surface area contributed by atoms with Crippen LogP contribution in [0.2, 0.25) is 5.02 Å². The highest BCUT2D eigenvalue weighted by Gasteiger charge is 2.22. The lowest BCUT2D eigenvalue weighted by Crippen LogP contribution is -2.35. The Kier molecular flexibility index (Phi) is 5.92. The first-order chi connectivity index (χ1) is 14.0. The number of hydrogen-bond donors (Lipinski definition) is 1. The summed E-state index contributed by atoms with van der Waals surface area (Å²) in [6.45, 7) is 4.56. The van der Waals surface area contributed by atoms with Crippen LogP contribution in [0.15, 0.2) is 36.4 Å². The first-order valence-electron chi connectivity index (χ1n) is 9.73. The molecule has 1 N–H and O–H groups in total. The van der Waals surface area contributed by atoms with Crippen molar-refractivity contribution in [2.75, 3.05) is 24.6 Å². The van der Waals surface area contributed by atoms with Crippen LogP contribution < -0.4 is 9.64 Å². The van der Waals surface area contributed by atoms with Crippen LogP contribution in [-0.2, 0) is 11.2 Å². The molecule has 1 aromatic heterocycles. The normalized spacial score (nSPS) is 15.0. The summed E-state index contributed by atoms with van der Waals surface area (Å²) < 4.78 is 7.18. The van der Waals surface area contributed by atoms with Crippen LogP contribution in [0.5, 0.6) is 5.75 Å². The number of nitrogens with zero attached hydrogens (tertiary/aromatic N) is 2. The van der Waals surface area contributed by atoms with E-state index in [1.54, 1.807) is 11.3 Å². The zero-order valence-corrected chi connectivity index (χ0v) is 17.8. The first kappa shape index (κ1) is 20.0. The third kappa shape index (κ3) is 4.82. The zero-order chi connectivity index (χ0) is 20.4. The maximum absolute atomic E-state index is 10.9. The van der Waals surface area contributed by atoms with Crippen molar-refractivity contribution in [2.24, 2.45) is 5.92 Å². The van der Waals surface area contributed by atoms with E-state index in [9.17, 15) is 4.79 Å². The largest absolute Gasteiger partial charge is 0.493 e. The predicted octanol–water partition coefficient (Wildman–Crippen LogP) is 5.18. The SMILES string of the molecule is Cc1ccc(CC(=O)O)cc1OCC1CCN(c2nc3ccc(Cl)cc3s2)CC1. The lowest BCUT2D eigenvalue weighted by molar-refractivity contribution is -0.136. The summed E-state index contributed by atoms with van der Waals surface area (Å²) >= 11 is 7.77. The van der Waals surface area contributed by atoms with Gasteiger partial charge >= 0.3 is 5.97 Å². The minimum atomic E-state index is -0.829. The third-order valence-electron chi connectivity index (χ3n) is 5.31. The van der Waals surface area contributed by atoms with Gasteiger partial charge in [-0.15, -0.1) is 0 Å². The second-order valence-corrected chi connectivity index (χ2v) is 8.97. The Morgan fingerprint density at radius 3 is 2.83 bits per heavy atom. The van der Waals surface area contributed by atoms with Gasteiger partial charge in [-0.2, -0.15) is 0 Å². The van der Waals surface area contributed by atoms with E-state index >= 15 is 0 Å². The predicted molar refractivity (Wildman–Crippen MR) is 118 cm³/mol. The Balaban J connectivity index is 1.33. The first-order valence-corrected chi connectivity index (χ1v) is 10.9. The van der Waals surface area contributed by atoms with Crippen molar-refractivity contribution < 1.29 is 14.6 Å². The number of aromatic nitrogens is 1. The van der Waals surface area contributed by atoms with Gasteiger partial charge in [0.05, 0.1) is 23.2 Å². The molecule has 0 aliphatic carbocycles. The molecule has 0 radical (unpaired) electrons. The number of aliphatic carboxylic acids is 1. The summed E-state index contributed by atoms with van der Waals surface area (Å²) in [5, 5.41) is 10.8. The molecule has 3 aromatic rings. The second kappa shape index (κ2) is 8.59. The minimum Gasteiger partial charge on any atom is -0.493 e. The van der Waals surface area contributed by atoms with Crippen molar-refractivity contribution in [2.45, 2.75) is 26.2 Å². The number of aryl methyl sites for hydroxylation is 1. The van der Waals surface area contributed by atoms with Gasteiger partial charge in [-0.05, 0) is 61.1 Å². The van der Waals surface area contributed by atoms with Crippen molar-refractivity contribution in [1.82, 2.24) is 4.98 Å². The Morgan fingerprint density at radius 1 is 1.28 bits per heavy atom. The number of carboxylic acid groups (broad SMARTS) is 1. The Bertz CT molecular complexity index is 1030. The summed E-state index contributed by atoms with van der Waals surface area (Å²) in [4.78, 5) is 18.0. The number of thiazole rings is 1. The van der Waals surface area contributed by atoms with E-state index in [-0.39, 0.29) is 6.42 Å². The molecule has 0 spiro atoms. The molecule has 0 amide bonds. The van der Waals surface area contributed by atoms with E-state index in [4.69, 9.17) is 26.4 Å². The van der Waals surface area contributed by atoms with Gasteiger partial charge in [0.1, 0.15) is 5.75 Å². The van der Waals surface area contributed by atoms with Gasteiger partial charge in [0, 0.05) is 18.1 Å². The van der Waals surface area contributed by atoms with E-state index < -0.39 is 5.97 Å². The number of hydrogen-bond acceptors (Lipinski definition) is 5. The number of rotatable bonds is 6. The molecule has 4 rings (SSSR count). The average Bonchev–Trinajstić information content (AvgIpc) is 3.11. The summed E-state index contributed by atoms with van der Waals surface area (Å²) in [7, 11) is 0. The Hall–Kier alpha value is -2.31. The smallest absolute Gasteiger partial charge is 0.307 e. The van der Waals surface area contributed by atoms with Crippen LogP contribution in [0.4, 0.5) is 5.13 Å². The summed E-state index contributed by atoms with van der Waals surface area (Å²) in [5.74, 6) is 0.441. The number of ether oxygens (including phenoxy) is 1. The summed E-state index contributed by atoms with van der Waals surface area (Å²) in [6.07, 6.45) is 2.11. The van der Waals surface area contributed by atoms with Crippen LogP contribution in [0, 0.1) is 12.8 Å². The van der Waals surface area contributed by atoms with Crippen molar-refractivity contribution in [3.8, 4) is 5.75 Å². The highest BCUT2D eigenvalue weighted by atomic mass is 35.5. The minimum absolute atomic E-state index is 0.0163. The lowest BCUT2D eigenvalue weighted by atomic mass is 9.98. The van der Waals surface area contributed by atoms with Gasteiger partial charge in [-0.25, -0.2) is 4.98 Å². The summed E-state index contributed by atoms with van der Waals surface area (Å²) in [6, 6.07) is 11.4. The molecule has 2 aromatic carbocycles. The summed E-state index contributed by atoms with van der Waals surface area (Å²) in [5.41, 5.74) is 2.80. The molecule has 152 valence electrons. The number of piperidine rings is 1. The van der Waals surface area contributed by atoms with E-state index in [2.05, 4.69) is 4.90 Å². The topological polar surface area (TPSA) is 62.7 Å². The number of carbonyl (C=O) groups is 1. The highest BCUT2D eigenvalue weighted by molar-refractivity contribution is 7.22. The number of carboxylic acids is 1. The van der Waals surface area contributed by atoms with Gasteiger partial charge in [0.2, 0.25) is 0 Å². The van der Waals surface area contributed by atoms with Crippen molar-refractivity contribution >= 4 is 44.3 Å². The standard InChI is InChI=1S/C22H23ClN2O3S/c1-14-2-3-16(11-21(26)27)10-19(14)28-13-15-6-8-25(9-7-15)22-24-18-5-4-17(23)12-20(18)29-22/h2-5,10,12,15H,6-9,11,13H2,1H3,(H,26,27). The van der Waals surface area contributed by atoms with Crippen LogP contribution in [0.3, 0.4) is 0 Å². The van der Waals surface area contributed by atoms with Crippen LogP contribution >= 0.6 is 22.9 Å². The van der Waals surface area contributed by atoms with E-state index in [1.165, 1.54) is 0 Å². The molecular weight excluding hydrogens is 408 g/mol. The van der Waals surface area contributed by atoms with E-state index in [0.29, 0.717) is 12.5 Å². The fourth-order valence-corrected chi connectivity index (χ4v) is 4.90. The number of anilines is 1. The Labute approximate surface area is 178 Å². The molecule has 1 aliphatic rings. The van der Waals surface area contributed by atoms with Gasteiger partial charge in [0.25, 0.3) is 0 Å². The lowest BCUT2D eigenvalue weighted by Gasteiger charge is -2.31. The molecule has 1 fully saturated rings. The second-order valence-electron chi connectivity index (χ2n) is 7.52. The molecular formula is C22H23ClN2O3S. The van der Waals surface area contributed by atoms with Crippen molar-refractivity contribution in [3.63, 3.8) is 0 Å². The molecule has 2 heterocycles. The maximum Gasteiger partial charge on any atom is 0.307 e.